The summed E-state index contributed by atoms with van der Waals surface area (Å²) < 4.78 is 21.3. The van der Waals surface area contributed by atoms with Gasteiger partial charge in [-0.2, -0.15) is 0 Å². The van der Waals surface area contributed by atoms with Gasteiger partial charge < -0.3 is 29.3 Å². The van der Waals surface area contributed by atoms with Gasteiger partial charge in [-0.05, 0) is 44.5 Å². The molecule has 0 saturated carbocycles. The highest BCUT2D eigenvalue weighted by atomic mass is 16.5. The maximum atomic E-state index is 12.2. The van der Waals surface area contributed by atoms with Crippen LogP contribution in [-0.2, 0) is 9.53 Å². The monoisotopic (exact) mass is 404 g/mol. The van der Waals surface area contributed by atoms with E-state index in [1.54, 1.807) is 40.2 Å². The number of carbonyl (C=O) groups excluding carboxylic acids is 2. The van der Waals surface area contributed by atoms with Gasteiger partial charge in [-0.15, -0.1) is 0 Å². The Morgan fingerprint density at radius 2 is 1.86 bits per heavy atom. The second-order valence-electron chi connectivity index (χ2n) is 6.55. The summed E-state index contributed by atoms with van der Waals surface area (Å²) in [6.07, 6.45) is 0. The first kappa shape index (κ1) is 22.3. The molecule has 1 aromatic carbocycles. The Kier molecular flexibility index (Phi) is 8.09. The predicted octanol–water partition coefficient (Wildman–Crippen LogP) is 2.54. The highest BCUT2D eigenvalue weighted by Crippen LogP contribution is 2.30. The molecule has 29 heavy (non-hydrogen) atoms. The Bertz CT molecular complexity index is 846. The zero-order chi connectivity index (χ0) is 21.4. The van der Waals surface area contributed by atoms with Crippen molar-refractivity contribution in [2.75, 3.05) is 34.0 Å². The average Bonchev–Trinajstić information content (AvgIpc) is 3.04. The van der Waals surface area contributed by atoms with Crippen LogP contribution in [0.15, 0.2) is 28.7 Å². The van der Waals surface area contributed by atoms with Crippen LogP contribution < -0.4 is 20.1 Å². The molecule has 1 aromatic heterocycles. The molecular weight excluding hydrogens is 376 g/mol. The predicted molar refractivity (Wildman–Crippen MR) is 107 cm³/mol. The van der Waals surface area contributed by atoms with Gasteiger partial charge in [0.2, 0.25) is 5.91 Å². The Morgan fingerprint density at radius 3 is 2.48 bits per heavy atom. The largest absolute Gasteiger partial charge is 0.493 e. The lowest BCUT2D eigenvalue weighted by atomic mass is 10.1. The normalized spacial score (nSPS) is 11.6. The summed E-state index contributed by atoms with van der Waals surface area (Å²) >= 11 is 0. The first-order valence-electron chi connectivity index (χ1n) is 9.30. The van der Waals surface area contributed by atoms with Gasteiger partial charge in [0.05, 0.1) is 31.9 Å². The molecule has 0 radical (unpaired) electrons. The van der Waals surface area contributed by atoms with E-state index in [9.17, 15) is 9.59 Å². The molecule has 2 rings (SSSR count). The minimum absolute atomic E-state index is 0.137. The Morgan fingerprint density at radius 1 is 1.10 bits per heavy atom. The summed E-state index contributed by atoms with van der Waals surface area (Å²) in [5.41, 5.74) is 1.28. The molecule has 0 bridgehead atoms. The second kappa shape index (κ2) is 10.5. The highest BCUT2D eigenvalue weighted by Gasteiger charge is 2.16. The molecule has 0 saturated heterocycles. The maximum absolute atomic E-state index is 12.2. The van der Waals surface area contributed by atoms with Crippen LogP contribution in [0.25, 0.3) is 0 Å². The van der Waals surface area contributed by atoms with E-state index in [0.717, 1.165) is 5.56 Å². The van der Waals surface area contributed by atoms with Gasteiger partial charge in [0.15, 0.2) is 11.5 Å². The van der Waals surface area contributed by atoms with Crippen molar-refractivity contribution >= 4 is 11.8 Å². The average molecular weight is 404 g/mol. The van der Waals surface area contributed by atoms with Gasteiger partial charge in [0, 0.05) is 7.11 Å². The number of carbonyl (C=O) groups is 2. The van der Waals surface area contributed by atoms with Gasteiger partial charge in [-0.1, -0.05) is 6.07 Å². The molecule has 2 N–H and O–H groups in total. The first-order valence-corrected chi connectivity index (χ1v) is 9.30. The Balaban J connectivity index is 1.91. The van der Waals surface area contributed by atoms with E-state index >= 15 is 0 Å². The number of aryl methyl sites for hydroxylation is 2. The van der Waals surface area contributed by atoms with Crippen LogP contribution in [0.5, 0.6) is 11.5 Å². The van der Waals surface area contributed by atoms with E-state index in [4.69, 9.17) is 18.6 Å². The number of hydrogen-bond acceptors (Lipinski definition) is 6. The molecule has 158 valence electrons. The zero-order valence-corrected chi connectivity index (χ0v) is 17.5. The molecule has 0 aliphatic heterocycles. The molecule has 1 heterocycles. The Labute approximate surface area is 170 Å². The summed E-state index contributed by atoms with van der Waals surface area (Å²) in [6.45, 7) is 6.07. The molecule has 0 spiro atoms. The third-order valence-electron chi connectivity index (χ3n) is 4.31. The fourth-order valence-electron chi connectivity index (χ4n) is 2.80. The topological polar surface area (TPSA) is 99.0 Å². The lowest BCUT2D eigenvalue weighted by molar-refractivity contribution is -0.120. The van der Waals surface area contributed by atoms with Crippen LogP contribution >= 0.6 is 0 Å². The fourth-order valence-corrected chi connectivity index (χ4v) is 2.80. The molecule has 1 unspecified atom stereocenters. The van der Waals surface area contributed by atoms with Crippen LogP contribution in [0.1, 0.15) is 40.4 Å². The summed E-state index contributed by atoms with van der Waals surface area (Å²) in [4.78, 5) is 24.4. The molecule has 2 aromatic rings. The van der Waals surface area contributed by atoms with Gasteiger partial charge in [-0.25, -0.2) is 0 Å². The zero-order valence-electron chi connectivity index (χ0n) is 17.5. The molecule has 0 aliphatic rings. The smallest absolute Gasteiger partial charge is 0.255 e. The number of hydrogen-bond donors (Lipinski definition) is 2. The van der Waals surface area contributed by atoms with E-state index in [1.807, 2.05) is 19.1 Å². The third kappa shape index (κ3) is 6.25. The summed E-state index contributed by atoms with van der Waals surface area (Å²) in [6, 6.07) is 6.82. The Hall–Kier alpha value is -3.00. The van der Waals surface area contributed by atoms with Crippen LogP contribution in [0.3, 0.4) is 0 Å². The summed E-state index contributed by atoms with van der Waals surface area (Å²) in [7, 11) is 3.16. The number of ether oxygens (including phenoxy) is 3. The fraction of sp³-hybridized carbons (Fsp3) is 0.429. The van der Waals surface area contributed by atoms with Crippen LogP contribution in [0, 0.1) is 13.8 Å². The number of methoxy groups -OCH3 is 2. The lowest BCUT2D eigenvalue weighted by Gasteiger charge is -2.17. The lowest BCUT2D eigenvalue weighted by Crippen LogP contribution is -2.38. The molecule has 8 heteroatoms. The second-order valence-corrected chi connectivity index (χ2v) is 6.55. The molecule has 8 nitrogen and oxygen atoms in total. The van der Waals surface area contributed by atoms with Gasteiger partial charge in [-0.3, -0.25) is 9.59 Å². The first-order chi connectivity index (χ1) is 13.8. The SMILES string of the molecule is COCCOc1ccc(C(C)NC(=O)CNC(=O)c2cc(C)oc2C)cc1OC. The number of benzene rings is 1. The van der Waals surface area contributed by atoms with Gasteiger partial charge in [0.1, 0.15) is 18.1 Å². The van der Waals surface area contributed by atoms with Crippen LogP contribution in [0.2, 0.25) is 0 Å². The number of nitrogens with one attached hydrogen (secondary N) is 2. The molecule has 0 aliphatic carbocycles. The van der Waals surface area contributed by atoms with Gasteiger partial charge >= 0.3 is 0 Å². The highest BCUT2D eigenvalue weighted by molar-refractivity contribution is 5.97. The quantitative estimate of drug-likeness (QED) is 0.591. The van der Waals surface area contributed by atoms with E-state index in [1.165, 1.54) is 0 Å². The van der Waals surface area contributed by atoms with Crippen molar-refractivity contribution in [1.29, 1.82) is 0 Å². The van der Waals surface area contributed by atoms with Crippen molar-refractivity contribution in [2.24, 2.45) is 0 Å². The van der Waals surface area contributed by atoms with Crippen molar-refractivity contribution in [3.05, 3.63) is 46.9 Å². The molecular formula is C21H28N2O6. The van der Waals surface area contributed by atoms with Crippen molar-refractivity contribution < 1.29 is 28.2 Å². The van der Waals surface area contributed by atoms with Crippen molar-refractivity contribution in [1.82, 2.24) is 10.6 Å². The summed E-state index contributed by atoms with van der Waals surface area (Å²) in [5.74, 6) is 1.69. The van der Waals surface area contributed by atoms with E-state index < -0.39 is 0 Å². The van der Waals surface area contributed by atoms with Crippen molar-refractivity contribution in [3.8, 4) is 11.5 Å². The molecule has 2 amide bonds. The minimum Gasteiger partial charge on any atom is -0.493 e. The third-order valence-corrected chi connectivity index (χ3v) is 4.31. The number of furan rings is 1. The number of amides is 2. The molecule has 0 fully saturated rings. The standard InChI is InChI=1S/C21H28N2O6/c1-13-10-17(15(3)29-13)21(25)22-12-20(24)23-14(2)16-6-7-18(19(11-16)27-5)28-9-8-26-4/h6-7,10-11,14H,8-9,12H2,1-5H3,(H,22,25)(H,23,24). The van der Waals surface area contributed by atoms with E-state index in [0.29, 0.717) is 41.8 Å². The van der Waals surface area contributed by atoms with Crippen molar-refractivity contribution in [3.63, 3.8) is 0 Å². The van der Waals surface area contributed by atoms with Crippen molar-refractivity contribution in [2.45, 2.75) is 26.8 Å². The van der Waals surface area contributed by atoms with E-state index in [-0.39, 0.29) is 24.4 Å². The van der Waals surface area contributed by atoms with Crippen LogP contribution in [0.4, 0.5) is 0 Å². The molecule has 1 atom stereocenters. The minimum atomic E-state index is -0.346. The van der Waals surface area contributed by atoms with Crippen LogP contribution in [-0.4, -0.2) is 45.8 Å². The van der Waals surface area contributed by atoms with E-state index in [2.05, 4.69) is 10.6 Å². The number of rotatable bonds is 10. The maximum Gasteiger partial charge on any atom is 0.255 e. The van der Waals surface area contributed by atoms with Gasteiger partial charge in [0.25, 0.3) is 5.91 Å². The summed E-state index contributed by atoms with van der Waals surface area (Å²) in [5, 5.41) is 5.45.